The summed E-state index contributed by atoms with van der Waals surface area (Å²) in [6, 6.07) is 21.3. The number of carbonyl (C=O) groups is 1. The summed E-state index contributed by atoms with van der Waals surface area (Å²) in [6.07, 6.45) is 0.0295. The van der Waals surface area contributed by atoms with Crippen LogP contribution in [0.4, 0.5) is 0 Å². The van der Waals surface area contributed by atoms with Gasteiger partial charge in [-0.05, 0) is 41.0 Å². The highest BCUT2D eigenvalue weighted by Crippen LogP contribution is 2.20. The monoisotopic (exact) mass is 353 g/mol. The number of hydrogen-bond acceptors (Lipinski definition) is 2. The van der Waals surface area contributed by atoms with Crippen LogP contribution >= 0.6 is 11.6 Å². The minimum atomic E-state index is -0.548. The summed E-state index contributed by atoms with van der Waals surface area (Å²) in [5.74, 6) is 0.468. The van der Waals surface area contributed by atoms with Gasteiger partial charge >= 0.3 is 0 Å². The molecule has 0 aromatic heterocycles. The molecule has 0 saturated heterocycles. The molecule has 0 saturated carbocycles. The molecule has 1 atom stereocenters. The number of carbonyl (C=O) groups excluding carboxylic acids is 1. The number of benzene rings is 3. The van der Waals surface area contributed by atoms with Crippen molar-refractivity contribution in [1.29, 1.82) is 0 Å². The van der Waals surface area contributed by atoms with Gasteiger partial charge < -0.3 is 10.1 Å². The summed E-state index contributed by atoms with van der Waals surface area (Å²) < 4.78 is 5.79. The molecule has 0 aliphatic carbocycles. The standard InChI is InChI=1S/C21H20ClNO2/c1-2-20(25-18-11-6-10-17(22)13-18)21(24)23-14-16-9-5-8-15-7-3-4-12-19(15)16/h3-13,20H,2,14H2,1H3,(H,23,24)/t20-/m1/s1. The number of fused-ring (bicyclic) bond motifs is 1. The highest BCUT2D eigenvalue weighted by atomic mass is 35.5. The van der Waals surface area contributed by atoms with Crippen molar-refractivity contribution in [2.75, 3.05) is 0 Å². The van der Waals surface area contributed by atoms with E-state index in [1.807, 2.05) is 31.2 Å². The zero-order valence-electron chi connectivity index (χ0n) is 14.0. The van der Waals surface area contributed by atoms with Crippen LogP contribution in [0.2, 0.25) is 5.02 Å². The molecule has 0 spiro atoms. The first kappa shape index (κ1) is 17.3. The van der Waals surface area contributed by atoms with Crippen molar-refractivity contribution in [2.45, 2.75) is 26.0 Å². The highest BCUT2D eigenvalue weighted by molar-refractivity contribution is 6.30. The number of halogens is 1. The van der Waals surface area contributed by atoms with Crippen LogP contribution in [-0.4, -0.2) is 12.0 Å². The number of nitrogens with one attached hydrogen (secondary N) is 1. The third-order valence-corrected chi connectivity index (χ3v) is 4.31. The van der Waals surface area contributed by atoms with Crippen molar-refractivity contribution in [3.8, 4) is 5.75 Å². The normalized spacial score (nSPS) is 11.9. The Morgan fingerprint density at radius 2 is 1.84 bits per heavy atom. The maximum Gasteiger partial charge on any atom is 0.261 e. The molecule has 0 fully saturated rings. The Kier molecular flexibility index (Phi) is 5.56. The Morgan fingerprint density at radius 1 is 1.08 bits per heavy atom. The summed E-state index contributed by atoms with van der Waals surface area (Å²) in [4.78, 5) is 12.5. The van der Waals surface area contributed by atoms with Crippen LogP contribution in [0, 0.1) is 0 Å². The van der Waals surface area contributed by atoms with Crippen LogP contribution in [0.5, 0.6) is 5.75 Å². The topological polar surface area (TPSA) is 38.3 Å². The fraction of sp³-hybridized carbons (Fsp3) is 0.190. The molecule has 0 heterocycles. The molecular formula is C21H20ClNO2. The fourth-order valence-corrected chi connectivity index (χ4v) is 2.95. The van der Waals surface area contributed by atoms with E-state index in [0.717, 1.165) is 16.3 Å². The molecule has 4 heteroatoms. The van der Waals surface area contributed by atoms with Gasteiger partial charge in [0, 0.05) is 11.6 Å². The molecule has 3 nitrogen and oxygen atoms in total. The van der Waals surface area contributed by atoms with Gasteiger partial charge in [-0.3, -0.25) is 4.79 Å². The van der Waals surface area contributed by atoms with Crippen LogP contribution in [-0.2, 0) is 11.3 Å². The average Bonchev–Trinajstić information content (AvgIpc) is 2.64. The van der Waals surface area contributed by atoms with Crippen molar-refractivity contribution in [3.63, 3.8) is 0 Å². The van der Waals surface area contributed by atoms with Gasteiger partial charge in [0.05, 0.1) is 0 Å². The van der Waals surface area contributed by atoms with Crippen molar-refractivity contribution in [1.82, 2.24) is 5.32 Å². The SMILES string of the molecule is CC[C@@H](Oc1cccc(Cl)c1)C(=O)NCc1cccc2ccccc12. The zero-order valence-corrected chi connectivity index (χ0v) is 14.8. The lowest BCUT2D eigenvalue weighted by atomic mass is 10.0. The van der Waals surface area contributed by atoms with E-state index in [-0.39, 0.29) is 5.91 Å². The van der Waals surface area contributed by atoms with E-state index < -0.39 is 6.10 Å². The molecule has 0 aliphatic rings. The van der Waals surface area contributed by atoms with E-state index in [4.69, 9.17) is 16.3 Å². The Hall–Kier alpha value is -2.52. The molecule has 1 N–H and O–H groups in total. The summed E-state index contributed by atoms with van der Waals surface area (Å²) >= 11 is 5.97. The second kappa shape index (κ2) is 8.04. The summed E-state index contributed by atoms with van der Waals surface area (Å²) in [7, 11) is 0. The maximum atomic E-state index is 12.5. The summed E-state index contributed by atoms with van der Waals surface area (Å²) in [5, 5.41) is 5.88. The number of amides is 1. The molecule has 128 valence electrons. The minimum Gasteiger partial charge on any atom is -0.481 e. The quantitative estimate of drug-likeness (QED) is 0.679. The van der Waals surface area contributed by atoms with Crippen LogP contribution in [0.1, 0.15) is 18.9 Å². The van der Waals surface area contributed by atoms with Crippen molar-refractivity contribution < 1.29 is 9.53 Å². The first-order valence-electron chi connectivity index (χ1n) is 8.34. The molecule has 0 unspecified atom stereocenters. The summed E-state index contributed by atoms with van der Waals surface area (Å²) in [6.45, 7) is 2.39. The van der Waals surface area contributed by atoms with Crippen molar-refractivity contribution in [2.24, 2.45) is 0 Å². The predicted molar refractivity (Wildman–Crippen MR) is 102 cm³/mol. The largest absolute Gasteiger partial charge is 0.481 e. The first-order chi connectivity index (χ1) is 12.2. The number of rotatable bonds is 6. The molecular weight excluding hydrogens is 334 g/mol. The molecule has 0 radical (unpaired) electrons. The van der Waals surface area contributed by atoms with Gasteiger partial charge in [-0.15, -0.1) is 0 Å². The van der Waals surface area contributed by atoms with Crippen LogP contribution in [0.3, 0.4) is 0 Å². The third-order valence-electron chi connectivity index (χ3n) is 4.07. The average molecular weight is 354 g/mol. The van der Waals surface area contributed by atoms with Gasteiger partial charge in [0.2, 0.25) is 0 Å². The van der Waals surface area contributed by atoms with E-state index in [1.165, 1.54) is 0 Å². The zero-order chi connectivity index (χ0) is 17.6. The van der Waals surface area contributed by atoms with E-state index in [2.05, 4.69) is 23.5 Å². The molecule has 3 aromatic rings. The Balaban J connectivity index is 1.68. The van der Waals surface area contributed by atoms with Gasteiger partial charge in [-0.2, -0.15) is 0 Å². The summed E-state index contributed by atoms with van der Waals surface area (Å²) in [5.41, 5.74) is 1.09. The number of ether oxygens (including phenoxy) is 1. The fourth-order valence-electron chi connectivity index (χ4n) is 2.77. The minimum absolute atomic E-state index is 0.129. The molecule has 0 aliphatic heterocycles. The van der Waals surface area contributed by atoms with E-state index in [9.17, 15) is 4.79 Å². The predicted octanol–water partition coefficient (Wildman–Crippen LogP) is 4.97. The molecule has 0 bridgehead atoms. The molecule has 25 heavy (non-hydrogen) atoms. The molecule has 1 amide bonds. The lowest BCUT2D eigenvalue weighted by Crippen LogP contribution is -2.37. The Morgan fingerprint density at radius 3 is 2.64 bits per heavy atom. The second-order valence-corrected chi connectivity index (χ2v) is 6.26. The maximum absolute atomic E-state index is 12.5. The van der Waals surface area contributed by atoms with Crippen molar-refractivity contribution >= 4 is 28.3 Å². The van der Waals surface area contributed by atoms with Gasteiger partial charge in [0.15, 0.2) is 6.10 Å². The van der Waals surface area contributed by atoms with Gasteiger partial charge in [0.1, 0.15) is 5.75 Å². The van der Waals surface area contributed by atoms with Gasteiger partial charge in [-0.1, -0.05) is 67.1 Å². The second-order valence-electron chi connectivity index (χ2n) is 5.83. The molecule has 3 rings (SSSR count). The Bertz CT molecular complexity index is 873. The lowest BCUT2D eigenvalue weighted by molar-refractivity contribution is -0.128. The smallest absolute Gasteiger partial charge is 0.261 e. The van der Waals surface area contributed by atoms with Crippen molar-refractivity contribution in [3.05, 3.63) is 77.3 Å². The van der Waals surface area contributed by atoms with Crippen LogP contribution in [0.15, 0.2) is 66.7 Å². The van der Waals surface area contributed by atoms with E-state index in [1.54, 1.807) is 24.3 Å². The molecule has 3 aromatic carbocycles. The van der Waals surface area contributed by atoms with Gasteiger partial charge in [-0.25, -0.2) is 0 Å². The first-order valence-corrected chi connectivity index (χ1v) is 8.71. The third kappa shape index (κ3) is 4.31. The lowest BCUT2D eigenvalue weighted by Gasteiger charge is -2.18. The van der Waals surface area contributed by atoms with E-state index in [0.29, 0.717) is 23.7 Å². The van der Waals surface area contributed by atoms with Crippen LogP contribution in [0.25, 0.3) is 10.8 Å². The van der Waals surface area contributed by atoms with Gasteiger partial charge in [0.25, 0.3) is 5.91 Å². The van der Waals surface area contributed by atoms with Crippen LogP contribution < -0.4 is 10.1 Å². The number of hydrogen-bond donors (Lipinski definition) is 1. The van der Waals surface area contributed by atoms with E-state index >= 15 is 0 Å². The Labute approximate surface area is 152 Å². The highest BCUT2D eigenvalue weighted by Gasteiger charge is 2.18.